The van der Waals surface area contributed by atoms with Gasteiger partial charge in [0.25, 0.3) is 0 Å². The van der Waals surface area contributed by atoms with E-state index in [-0.39, 0.29) is 11.4 Å². The van der Waals surface area contributed by atoms with Gasteiger partial charge in [0.15, 0.2) is 0 Å². The second-order valence-corrected chi connectivity index (χ2v) is 3.92. The fourth-order valence-electron chi connectivity index (χ4n) is 1.30. The van der Waals surface area contributed by atoms with E-state index in [0.29, 0.717) is 5.75 Å². The number of ether oxygens (including phenoxy) is 1. The Balaban J connectivity index is 2.64. The van der Waals surface area contributed by atoms with E-state index in [1.165, 1.54) is 12.1 Å². The van der Waals surface area contributed by atoms with Gasteiger partial charge in [-0.25, -0.2) is 4.39 Å². The molecule has 0 spiro atoms. The molecule has 1 aromatic carbocycles. The summed E-state index contributed by atoms with van der Waals surface area (Å²) in [4.78, 5) is 0. The number of hydrogen-bond donors (Lipinski definition) is 0. The van der Waals surface area contributed by atoms with Gasteiger partial charge in [-0.1, -0.05) is 6.92 Å². The van der Waals surface area contributed by atoms with E-state index in [1.54, 1.807) is 12.1 Å². The predicted molar refractivity (Wildman–Crippen MR) is 55.7 cm³/mol. The molecule has 1 aromatic rings. The van der Waals surface area contributed by atoms with Gasteiger partial charge in [-0.15, -0.1) is 0 Å². The van der Waals surface area contributed by atoms with Gasteiger partial charge in [0, 0.05) is 0 Å². The van der Waals surface area contributed by atoms with Crippen LogP contribution in [0, 0.1) is 12.7 Å². The van der Waals surface area contributed by atoms with Crippen molar-refractivity contribution < 1.29 is 9.13 Å². The van der Waals surface area contributed by atoms with Crippen LogP contribution in [0.1, 0.15) is 26.7 Å². The largest absolute Gasteiger partial charge is 0.488 e. The third-order valence-electron chi connectivity index (χ3n) is 1.99. The summed E-state index contributed by atoms with van der Waals surface area (Å²) in [5.74, 6) is 0.456. The molecule has 0 bridgehead atoms. The highest BCUT2D eigenvalue weighted by Crippen LogP contribution is 2.21. The lowest BCUT2D eigenvalue weighted by atomic mass is 10.0. The van der Waals surface area contributed by atoms with Crippen molar-refractivity contribution >= 4 is 0 Å². The Morgan fingerprint density at radius 2 is 1.86 bits per heavy atom. The van der Waals surface area contributed by atoms with Crippen molar-refractivity contribution in [2.24, 2.45) is 0 Å². The average Bonchev–Trinajstić information content (AvgIpc) is 2.08. The maximum Gasteiger partial charge on any atom is 0.123 e. The van der Waals surface area contributed by atoms with Crippen molar-refractivity contribution in [3.8, 4) is 5.75 Å². The molecular formula is C12H16FO. The van der Waals surface area contributed by atoms with Gasteiger partial charge >= 0.3 is 0 Å². The van der Waals surface area contributed by atoms with Gasteiger partial charge in [0.05, 0.1) is 0 Å². The van der Waals surface area contributed by atoms with E-state index in [9.17, 15) is 4.39 Å². The summed E-state index contributed by atoms with van der Waals surface area (Å²) in [7, 11) is 0. The van der Waals surface area contributed by atoms with Crippen molar-refractivity contribution in [2.75, 3.05) is 0 Å². The predicted octanol–water partition coefficient (Wildman–Crippen LogP) is 3.60. The van der Waals surface area contributed by atoms with Crippen molar-refractivity contribution in [3.05, 3.63) is 37.0 Å². The molecule has 0 fully saturated rings. The van der Waals surface area contributed by atoms with Crippen LogP contribution in [0.2, 0.25) is 0 Å². The smallest absolute Gasteiger partial charge is 0.123 e. The number of rotatable bonds is 4. The first-order valence-corrected chi connectivity index (χ1v) is 4.77. The third-order valence-corrected chi connectivity index (χ3v) is 1.99. The van der Waals surface area contributed by atoms with Gasteiger partial charge < -0.3 is 4.74 Å². The lowest BCUT2D eigenvalue weighted by molar-refractivity contribution is 0.100. The van der Waals surface area contributed by atoms with E-state index in [4.69, 9.17) is 4.74 Å². The van der Waals surface area contributed by atoms with Crippen LogP contribution >= 0.6 is 0 Å². The van der Waals surface area contributed by atoms with Crippen LogP contribution in [0.25, 0.3) is 0 Å². The maximum absolute atomic E-state index is 12.6. The van der Waals surface area contributed by atoms with Crippen LogP contribution in [-0.2, 0) is 0 Å². The summed E-state index contributed by atoms with van der Waals surface area (Å²) < 4.78 is 18.3. The maximum atomic E-state index is 12.6. The molecule has 1 rings (SSSR count). The Kier molecular flexibility index (Phi) is 3.50. The summed E-state index contributed by atoms with van der Waals surface area (Å²) >= 11 is 0. The Morgan fingerprint density at radius 1 is 1.29 bits per heavy atom. The molecule has 0 aliphatic rings. The number of hydrogen-bond acceptors (Lipinski definition) is 1. The minimum absolute atomic E-state index is 0.237. The van der Waals surface area contributed by atoms with Crippen LogP contribution in [0.15, 0.2) is 24.3 Å². The Bertz CT molecular complexity index is 277. The highest BCUT2D eigenvalue weighted by Gasteiger charge is 2.18. The monoisotopic (exact) mass is 195 g/mol. The quantitative estimate of drug-likeness (QED) is 0.713. The summed E-state index contributed by atoms with van der Waals surface area (Å²) in [5, 5.41) is 0. The van der Waals surface area contributed by atoms with Crippen LogP contribution in [-0.4, -0.2) is 5.60 Å². The molecule has 0 amide bonds. The topological polar surface area (TPSA) is 9.23 Å². The van der Waals surface area contributed by atoms with E-state index < -0.39 is 0 Å². The summed E-state index contributed by atoms with van der Waals surface area (Å²) in [6.45, 7) is 7.79. The SMILES string of the molecule is [CH2]CCC(C)(C)Oc1ccc(F)cc1. The zero-order valence-corrected chi connectivity index (χ0v) is 8.72. The zero-order valence-electron chi connectivity index (χ0n) is 8.72. The minimum Gasteiger partial charge on any atom is -0.488 e. The normalized spacial score (nSPS) is 11.4. The molecule has 14 heavy (non-hydrogen) atoms. The third kappa shape index (κ3) is 3.36. The van der Waals surface area contributed by atoms with E-state index in [2.05, 4.69) is 6.92 Å². The van der Waals surface area contributed by atoms with Crippen LogP contribution in [0.4, 0.5) is 4.39 Å². The van der Waals surface area contributed by atoms with Crippen molar-refractivity contribution in [3.63, 3.8) is 0 Å². The first kappa shape index (κ1) is 11.0. The van der Waals surface area contributed by atoms with Gasteiger partial charge in [-0.05, 0) is 51.0 Å². The molecule has 0 aromatic heterocycles. The summed E-state index contributed by atoms with van der Waals surface area (Å²) in [6.07, 6.45) is 1.71. The van der Waals surface area contributed by atoms with Crippen molar-refractivity contribution in [2.45, 2.75) is 32.3 Å². The molecule has 0 unspecified atom stereocenters. The summed E-state index contributed by atoms with van der Waals surface area (Å²) in [6, 6.07) is 6.07. The Labute approximate surface area is 84.9 Å². The molecule has 0 aliphatic carbocycles. The fraction of sp³-hybridized carbons (Fsp3) is 0.417. The Hall–Kier alpha value is -1.05. The van der Waals surface area contributed by atoms with Crippen molar-refractivity contribution in [1.29, 1.82) is 0 Å². The minimum atomic E-state index is -0.243. The van der Waals surface area contributed by atoms with Gasteiger partial charge in [0.2, 0.25) is 0 Å². The van der Waals surface area contributed by atoms with Crippen LogP contribution in [0.5, 0.6) is 5.75 Å². The van der Waals surface area contributed by atoms with Crippen molar-refractivity contribution in [1.82, 2.24) is 0 Å². The molecule has 1 radical (unpaired) electrons. The summed E-state index contributed by atoms with van der Waals surface area (Å²) in [5.41, 5.74) is -0.237. The highest BCUT2D eigenvalue weighted by molar-refractivity contribution is 5.22. The van der Waals surface area contributed by atoms with E-state index in [1.807, 2.05) is 13.8 Å². The fourth-order valence-corrected chi connectivity index (χ4v) is 1.30. The van der Waals surface area contributed by atoms with Gasteiger partial charge in [-0.2, -0.15) is 0 Å². The number of halogens is 1. The molecule has 0 saturated heterocycles. The van der Waals surface area contributed by atoms with Crippen LogP contribution < -0.4 is 4.74 Å². The zero-order chi connectivity index (χ0) is 10.6. The Morgan fingerprint density at radius 3 is 2.36 bits per heavy atom. The second-order valence-electron chi connectivity index (χ2n) is 3.92. The molecular weight excluding hydrogens is 179 g/mol. The molecule has 0 atom stereocenters. The van der Waals surface area contributed by atoms with E-state index in [0.717, 1.165) is 12.8 Å². The molecule has 77 valence electrons. The highest BCUT2D eigenvalue weighted by atomic mass is 19.1. The van der Waals surface area contributed by atoms with Gasteiger partial charge in [0.1, 0.15) is 17.2 Å². The van der Waals surface area contributed by atoms with E-state index >= 15 is 0 Å². The average molecular weight is 195 g/mol. The molecule has 0 N–H and O–H groups in total. The molecule has 0 heterocycles. The van der Waals surface area contributed by atoms with Crippen LogP contribution in [0.3, 0.4) is 0 Å². The first-order valence-electron chi connectivity index (χ1n) is 4.77. The lowest BCUT2D eigenvalue weighted by Crippen LogP contribution is -2.27. The molecule has 1 nitrogen and oxygen atoms in total. The second kappa shape index (κ2) is 4.45. The molecule has 2 heteroatoms. The number of benzene rings is 1. The molecule has 0 saturated carbocycles. The molecule has 0 aliphatic heterocycles. The first-order chi connectivity index (χ1) is 6.53. The standard InChI is InChI=1S/C12H16FO/c1-4-9-12(2,3)14-11-7-5-10(13)6-8-11/h5-8H,1,4,9H2,2-3H3. The van der Waals surface area contributed by atoms with Gasteiger partial charge in [-0.3, -0.25) is 0 Å². The lowest BCUT2D eigenvalue weighted by Gasteiger charge is -2.25.